The molecule has 6 heteroatoms. The monoisotopic (exact) mass is 312 g/mol. The normalized spacial score (nSPS) is 10.7. The zero-order valence-electron chi connectivity index (χ0n) is 12.3. The fourth-order valence-electron chi connectivity index (χ4n) is 2.19. The summed E-state index contributed by atoms with van der Waals surface area (Å²) in [6.07, 6.45) is 1.32. The lowest BCUT2D eigenvalue weighted by Gasteiger charge is -2.07. The van der Waals surface area contributed by atoms with Crippen molar-refractivity contribution in [1.82, 2.24) is 9.55 Å². The maximum absolute atomic E-state index is 14.1. The standard InChI is InChI=1S/C17H13FN2O3/c1-20-10-19-15-8-12(14(18)7-13(15)16(20)21)17(22)23-9-11-5-3-2-4-6-11/h2-8,10H,9H2,1H3. The second-order valence-electron chi connectivity index (χ2n) is 5.07. The molecule has 0 amide bonds. The number of fused-ring (bicyclic) bond motifs is 1. The van der Waals surface area contributed by atoms with Gasteiger partial charge in [-0.1, -0.05) is 30.3 Å². The number of carbonyl (C=O) groups excluding carboxylic acids is 1. The Kier molecular flexibility index (Phi) is 3.89. The van der Waals surface area contributed by atoms with Crippen LogP contribution in [0.3, 0.4) is 0 Å². The number of ether oxygens (including phenoxy) is 1. The van der Waals surface area contributed by atoms with Gasteiger partial charge in [-0.25, -0.2) is 14.2 Å². The SMILES string of the molecule is Cn1cnc2cc(C(=O)OCc3ccccc3)c(F)cc2c1=O. The van der Waals surface area contributed by atoms with E-state index in [1.165, 1.54) is 24.0 Å². The highest BCUT2D eigenvalue weighted by Gasteiger charge is 2.16. The molecule has 0 atom stereocenters. The summed E-state index contributed by atoms with van der Waals surface area (Å²) < 4.78 is 20.5. The number of hydrogen-bond donors (Lipinski definition) is 0. The lowest BCUT2D eigenvalue weighted by atomic mass is 10.1. The van der Waals surface area contributed by atoms with Crippen molar-refractivity contribution in [2.24, 2.45) is 7.05 Å². The predicted octanol–water partition coefficient (Wildman–Crippen LogP) is 2.43. The van der Waals surface area contributed by atoms with E-state index in [2.05, 4.69) is 4.98 Å². The van der Waals surface area contributed by atoms with E-state index in [-0.39, 0.29) is 28.6 Å². The second kappa shape index (κ2) is 6.00. The summed E-state index contributed by atoms with van der Waals surface area (Å²) in [4.78, 5) is 28.0. The van der Waals surface area contributed by atoms with E-state index in [9.17, 15) is 14.0 Å². The van der Waals surface area contributed by atoms with E-state index in [1.54, 1.807) is 12.1 Å². The molecular weight excluding hydrogens is 299 g/mol. The third-order valence-corrected chi connectivity index (χ3v) is 3.44. The van der Waals surface area contributed by atoms with Crippen LogP contribution in [0.4, 0.5) is 4.39 Å². The van der Waals surface area contributed by atoms with Crippen LogP contribution in [0, 0.1) is 5.82 Å². The summed E-state index contributed by atoms with van der Waals surface area (Å²) in [5.41, 5.74) is 0.433. The zero-order chi connectivity index (χ0) is 16.4. The van der Waals surface area contributed by atoms with E-state index in [4.69, 9.17) is 4.74 Å². The molecule has 23 heavy (non-hydrogen) atoms. The highest BCUT2D eigenvalue weighted by molar-refractivity contribution is 5.94. The molecule has 2 aromatic carbocycles. The summed E-state index contributed by atoms with van der Waals surface area (Å²) >= 11 is 0. The summed E-state index contributed by atoms with van der Waals surface area (Å²) in [5, 5.41) is 0.118. The van der Waals surface area contributed by atoms with Crippen LogP contribution in [0.2, 0.25) is 0 Å². The number of carbonyl (C=O) groups is 1. The first-order valence-electron chi connectivity index (χ1n) is 6.92. The Morgan fingerprint density at radius 2 is 2.00 bits per heavy atom. The minimum Gasteiger partial charge on any atom is -0.457 e. The van der Waals surface area contributed by atoms with Crippen molar-refractivity contribution in [1.29, 1.82) is 0 Å². The van der Waals surface area contributed by atoms with Gasteiger partial charge in [0, 0.05) is 7.05 Å². The van der Waals surface area contributed by atoms with Crippen LogP contribution in [-0.4, -0.2) is 15.5 Å². The number of aromatic nitrogens is 2. The van der Waals surface area contributed by atoms with E-state index in [0.717, 1.165) is 11.6 Å². The van der Waals surface area contributed by atoms with Gasteiger partial charge in [-0.3, -0.25) is 4.79 Å². The van der Waals surface area contributed by atoms with Crippen molar-refractivity contribution >= 4 is 16.9 Å². The Bertz CT molecular complexity index is 936. The number of aryl methyl sites for hydroxylation is 1. The van der Waals surface area contributed by atoms with Gasteiger partial charge in [0.2, 0.25) is 0 Å². The molecule has 0 radical (unpaired) electrons. The molecule has 3 aromatic rings. The minimum absolute atomic E-state index is 0.0428. The quantitative estimate of drug-likeness (QED) is 0.697. The van der Waals surface area contributed by atoms with Crippen molar-refractivity contribution in [3.05, 3.63) is 76.1 Å². The summed E-state index contributed by atoms with van der Waals surface area (Å²) in [6.45, 7) is 0.0428. The number of benzene rings is 2. The maximum atomic E-state index is 14.1. The minimum atomic E-state index is -0.805. The highest BCUT2D eigenvalue weighted by Crippen LogP contribution is 2.16. The molecular formula is C17H13FN2O3. The fourth-order valence-corrected chi connectivity index (χ4v) is 2.19. The lowest BCUT2D eigenvalue weighted by Crippen LogP contribution is -2.18. The van der Waals surface area contributed by atoms with Crippen LogP contribution in [-0.2, 0) is 18.4 Å². The van der Waals surface area contributed by atoms with Crippen molar-refractivity contribution in [3.63, 3.8) is 0 Å². The third kappa shape index (κ3) is 2.96. The molecule has 116 valence electrons. The molecule has 1 heterocycles. The van der Waals surface area contributed by atoms with Crippen LogP contribution in [0.1, 0.15) is 15.9 Å². The summed E-state index contributed by atoms with van der Waals surface area (Å²) in [7, 11) is 1.52. The smallest absolute Gasteiger partial charge is 0.341 e. The van der Waals surface area contributed by atoms with Crippen LogP contribution < -0.4 is 5.56 Å². The van der Waals surface area contributed by atoms with Crippen molar-refractivity contribution in [2.45, 2.75) is 6.61 Å². The molecule has 3 rings (SSSR count). The van der Waals surface area contributed by atoms with Crippen LogP contribution in [0.25, 0.3) is 10.9 Å². The molecule has 0 aliphatic rings. The van der Waals surface area contributed by atoms with E-state index in [1.807, 2.05) is 18.2 Å². The fraction of sp³-hybridized carbons (Fsp3) is 0.118. The van der Waals surface area contributed by atoms with Crippen molar-refractivity contribution in [3.8, 4) is 0 Å². The first kappa shape index (κ1) is 14.9. The van der Waals surface area contributed by atoms with Gasteiger partial charge in [0.1, 0.15) is 12.4 Å². The number of nitrogens with zero attached hydrogens (tertiary/aromatic N) is 2. The highest BCUT2D eigenvalue weighted by atomic mass is 19.1. The average Bonchev–Trinajstić information content (AvgIpc) is 2.57. The first-order valence-corrected chi connectivity index (χ1v) is 6.92. The van der Waals surface area contributed by atoms with Crippen LogP contribution in [0.5, 0.6) is 0 Å². The van der Waals surface area contributed by atoms with Gasteiger partial charge < -0.3 is 9.30 Å². The van der Waals surface area contributed by atoms with Gasteiger partial charge in [-0.15, -0.1) is 0 Å². The Morgan fingerprint density at radius 3 is 2.74 bits per heavy atom. The van der Waals surface area contributed by atoms with E-state index >= 15 is 0 Å². The molecule has 5 nitrogen and oxygen atoms in total. The number of rotatable bonds is 3. The van der Waals surface area contributed by atoms with Gasteiger partial charge >= 0.3 is 5.97 Å². The predicted molar refractivity (Wildman–Crippen MR) is 82.5 cm³/mol. The Morgan fingerprint density at radius 1 is 1.26 bits per heavy atom. The molecule has 0 saturated carbocycles. The third-order valence-electron chi connectivity index (χ3n) is 3.44. The van der Waals surface area contributed by atoms with Gasteiger partial charge in [-0.2, -0.15) is 0 Å². The number of halogens is 1. The Balaban J connectivity index is 1.90. The zero-order valence-corrected chi connectivity index (χ0v) is 12.3. The molecule has 0 fully saturated rings. The Labute approximate surface area is 131 Å². The molecule has 1 aromatic heterocycles. The Hall–Kier alpha value is -3.02. The van der Waals surface area contributed by atoms with E-state index in [0.29, 0.717) is 0 Å². The summed E-state index contributed by atoms with van der Waals surface area (Å²) in [5.74, 6) is -1.60. The second-order valence-corrected chi connectivity index (χ2v) is 5.07. The van der Waals surface area contributed by atoms with E-state index < -0.39 is 11.8 Å². The number of hydrogen-bond acceptors (Lipinski definition) is 4. The lowest BCUT2D eigenvalue weighted by molar-refractivity contribution is 0.0467. The average molecular weight is 312 g/mol. The van der Waals surface area contributed by atoms with Gasteiger partial charge in [0.15, 0.2) is 0 Å². The van der Waals surface area contributed by atoms with Crippen molar-refractivity contribution in [2.75, 3.05) is 0 Å². The molecule has 0 spiro atoms. The molecule has 0 saturated heterocycles. The van der Waals surface area contributed by atoms with Crippen LogP contribution in [0.15, 0.2) is 53.6 Å². The van der Waals surface area contributed by atoms with Crippen molar-refractivity contribution < 1.29 is 13.9 Å². The molecule has 0 bridgehead atoms. The molecule has 0 aliphatic carbocycles. The maximum Gasteiger partial charge on any atom is 0.341 e. The van der Waals surface area contributed by atoms with Gasteiger partial charge in [0.05, 0.1) is 22.8 Å². The molecule has 0 N–H and O–H groups in total. The molecule has 0 unspecified atom stereocenters. The topological polar surface area (TPSA) is 61.2 Å². The largest absolute Gasteiger partial charge is 0.457 e. The van der Waals surface area contributed by atoms with Gasteiger partial charge in [-0.05, 0) is 17.7 Å². The molecule has 0 aliphatic heterocycles. The summed E-state index contributed by atoms with van der Waals surface area (Å²) in [6, 6.07) is 11.3. The van der Waals surface area contributed by atoms with Gasteiger partial charge in [0.25, 0.3) is 5.56 Å². The number of esters is 1. The van der Waals surface area contributed by atoms with Crippen LogP contribution >= 0.6 is 0 Å². The first-order chi connectivity index (χ1) is 11.1.